The van der Waals surface area contributed by atoms with Crippen LogP contribution in [0.4, 0.5) is 21.6 Å². The second-order valence-electron chi connectivity index (χ2n) is 9.52. The molecule has 1 aliphatic rings. The Hall–Kier alpha value is -4.05. The van der Waals surface area contributed by atoms with E-state index in [2.05, 4.69) is 37.6 Å². The average Bonchev–Trinajstić information content (AvgIpc) is 3.45. The van der Waals surface area contributed by atoms with Crippen LogP contribution in [0.1, 0.15) is 12.0 Å². The number of hydrogen-bond donors (Lipinski definition) is 2. The lowest BCUT2D eigenvalue weighted by Crippen LogP contribution is -2.19. The van der Waals surface area contributed by atoms with Gasteiger partial charge in [0, 0.05) is 42.7 Å². The molecule has 0 radical (unpaired) electrons. The van der Waals surface area contributed by atoms with Crippen LogP contribution in [-0.4, -0.2) is 53.7 Å². The fourth-order valence-electron chi connectivity index (χ4n) is 4.35. The van der Waals surface area contributed by atoms with Gasteiger partial charge in [0.2, 0.25) is 5.91 Å². The van der Waals surface area contributed by atoms with Crippen LogP contribution in [-0.2, 0) is 16.1 Å². The topological polar surface area (TPSA) is 88.6 Å². The van der Waals surface area contributed by atoms with Gasteiger partial charge in [0.05, 0.1) is 29.4 Å². The number of nitrogens with one attached hydrogen (secondary N) is 2. The Morgan fingerprint density at radius 3 is 2.83 bits per heavy atom. The number of amides is 1. The van der Waals surface area contributed by atoms with Gasteiger partial charge >= 0.3 is 0 Å². The maximum Gasteiger partial charge on any atom is 0.248 e. The van der Waals surface area contributed by atoms with E-state index in [1.165, 1.54) is 30.1 Å². The molecule has 1 fully saturated rings. The number of rotatable bonds is 10. The normalized spacial score (nSPS) is 15.2. The molecule has 0 aliphatic carbocycles. The Morgan fingerprint density at radius 1 is 1.20 bits per heavy atom. The van der Waals surface area contributed by atoms with Crippen molar-refractivity contribution in [1.82, 2.24) is 14.9 Å². The second kappa shape index (κ2) is 12.9. The minimum absolute atomic E-state index is 0.00742. The van der Waals surface area contributed by atoms with Crippen LogP contribution in [0.25, 0.3) is 10.9 Å². The van der Waals surface area contributed by atoms with E-state index in [-0.39, 0.29) is 17.0 Å². The van der Waals surface area contributed by atoms with E-state index >= 15 is 0 Å². The van der Waals surface area contributed by atoms with E-state index in [4.69, 9.17) is 21.1 Å². The summed E-state index contributed by atoms with van der Waals surface area (Å²) in [5.41, 5.74) is 2.84. The predicted molar refractivity (Wildman–Crippen MR) is 155 cm³/mol. The van der Waals surface area contributed by atoms with Crippen LogP contribution >= 0.6 is 11.6 Å². The standard InChI is InChI=1S/C30H29ClFN5O3/c1-37(17-20-6-3-2-4-7-20)12-5-8-29(38)36-27-15-23-26(16-28(27)40-22-11-13-39-18-22)33-19-34-30(23)35-21-9-10-25(32)24(31)14-21/h2-10,14-16,19,22H,11-13,17-18H2,1H3,(H,36,38)(H,33,34,35)/b8-5+/t22-/m0/s1. The molecule has 1 saturated heterocycles. The lowest BCUT2D eigenvalue weighted by Gasteiger charge is -2.18. The number of anilines is 3. The molecule has 3 aromatic carbocycles. The molecule has 40 heavy (non-hydrogen) atoms. The lowest BCUT2D eigenvalue weighted by atomic mass is 10.1. The number of fused-ring (bicyclic) bond motifs is 1. The van der Waals surface area contributed by atoms with E-state index < -0.39 is 5.82 Å². The minimum atomic E-state index is -0.512. The Labute approximate surface area is 236 Å². The van der Waals surface area contributed by atoms with Gasteiger partial charge < -0.3 is 20.1 Å². The number of likely N-dealkylation sites (N-methyl/N-ethyl adjacent to an activating group) is 1. The molecule has 5 rings (SSSR count). The SMILES string of the molecule is CN(C/C=C/C(=O)Nc1cc2c(Nc3ccc(F)c(Cl)c3)ncnc2cc1O[C@H]1CCOC1)Cc1ccccc1. The summed E-state index contributed by atoms with van der Waals surface area (Å²) in [6.45, 7) is 2.47. The molecular weight excluding hydrogens is 533 g/mol. The number of ether oxygens (including phenoxy) is 2. The van der Waals surface area contributed by atoms with Crippen molar-refractivity contribution in [2.24, 2.45) is 0 Å². The molecule has 1 amide bonds. The molecule has 4 aromatic rings. The summed E-state index contributed by atoms with van der Waals surface area (Å²) in [5, 5.41) is 6.73. The van der Waals surface area contributed by atoms with Crippen LogP contribution in [0.3, 0.4) is 0 Å². The molecule has 0 spiro atoms. The van der Waals surface area contributed by atoms with Crippen LogP contribution in [0.15, 0.2) is 79.1 Å². The summed E-state index contributed by atoms with van der Waals surface area (Å²) in [4.78, 5) is 23.8. The Balaban J connectivity index is 1.36. The highest BCUT2D eigenvalue weighted by atomic mass is 35.5. The van der Waals surface area contributed by atoms with Crippen molar-refractivity contribution in [2.75, 3.05) is 37.4 Å². The molecule has 1 atom stereocenters. The lowest BCUT2D eigenvalue weighted by molar-refractivity contribution is -0.111. The van der Waals surface area contributed by atoms with Crippen LogP contribution < -0.4 is 15.4 Å². The van der Waals surface area contributed by atoms with Crippen molar-refractivity contribution >= 4 is 45.6 Å². The van der Waals surface area contributed by atoms with Gasteiger partial charge in [0.1, 0.15) is 29.8 Å². The second-order valence-corrected chi connectivity index (χ2v) is 9.93. The molecular formula is C30H29ClFN5O3. The van der Waals surface area contributed by atoms with Gasteiger partial charge in [-0.1, -0.05) is 48.0 Å². The minimum Gasteiger partial charge on any atom is -0.486 e. The third-order valence-corrected chi connectivity index (χ3v) is 6.63. The number of aromatic nitrogens is 2. The fourth-order valence-corrected chi connectivity index (χ4v) is 4.53. The highest BCUT2D eigenvalue weighted by Gasteiger charge is 2.21. The zero-order valence-corrected chi connectivity index (χ0v) is 22.7. The summed E-state index contributed by atoms with van der Waals surface area (Å²) >= 11 is 5.95. The molecule has 8 nitrogen and oxygen atoms in total. The number of benzene rings is 3. The summed E-state index contributed by atoms with van der Waals surface area (Å²) in [6.07, 6.45) is 5.37. The number of carbonyl (C=O) groups is 1. The Kier molecular flexibility index (Phi) is 8.85. The average molecular weight is 562 g/mol. The Morgan fingerprint density at radius 2 is 2.05 bits per heavy atom. The van der Waals surface area contributed by atoms with Gasteiger partial charge in [-0.2, -0.15) is 0 Å². The number of nitrogens with zero attached hydrogens (tertiary/aromatic N) is 3. The highest BCUT2D eigenvalue weighted by molar-refractivity contribution is 6.31. The van der Waals surface area contributed by atoms with Gasteiger partial charge in [-0.3, -0.25) is 9.69 Å². The smallest absolute Gasteiger partial charge is 0.248 e. The van der Waals surface area contributed by atoms with Crippen molar-refractivity contribution < 1.29 is 18.7 Å². The molecule has 10 heteroatoms. The molecule has 2 heterocycles. The maximum absolute atomic E-state index is 13.7. The molecule has 2 N–H and O–H groups in total. The summed E-state index contributed by atoms with van der Waals surface area (Å²) in [5.74, 6) is 0.149. The van der Waals surface area contributed by atoms with Crippen LogP contribution in [0, 0.1) is 5.82 Å². The first kappa shape index (κ1) is 27.5. The summed E-state index contributed by atoms with van der Waals surface area (Å²) in [6, 6.07) is 18.0. The van der Waals surface area contributed by atoms with E-state index in [1.807, 2.05) is 31.3 Å². The van der Waals surface area contributed by atoms with E-state index in [9.17, 15) is 9.18 Å². The molecule has 206 valence electrons. The first-order chi connectivity index (χ1) is 19.4. The van der Waals surface area contributed by atoms with Crippen molar-refractivity contribution in [3.63, 3.8) is 0 Å². The predicted octanol–water partition coefficient (Wildman–Crippen LogP) is 5.96. The molecule has 1 aromatic heterocycles. The molecule has 0 saturated carbocycles. The van der Waals surface area contributed by atoms with E-state index in [1.54, 1.807) is 18.2 Å². The fraction of sp³-hybridized carbons (Fsp3) is 0.233. The maximum atomic E-state index is 13.7. The summed E-state index contributed by atoms with van der Waals surface area (Å²) < 4.78 is 25.3. The number of hydrogen-bond acceptors (Lipinski definition) is 7. The van der Waals surface area contributed by atoms with Gasteiger partial charge in [-0.25, -0.2) is 14.4 Å². The first-order valence-electron chi connectivity index (χ1n) is 12.9. The molecule has 1 aliphatic heterocycles. The van der Waals surface area contributed by atoms with E-state index in [0.29, 0.717) is 53.6 Å². The molecule has 0 unspecified atom stereocenters. The first-order valence-corrected chi connectivity index (χ1v) is 13.3. The zero-order valence-electron chi connectivity index (χ0n) is 21.9. The zero-order chi connectivity index (χ0) is 27.9. The highest BCUT2D eigenvalue weighted by Crippen LogP contribution is 2.35. The van der Waals surface area contributed by atoms with Gasteiger partial charge in [-0.15, -0.1) is 0 Å². The summed E-state index contributed by atoms with van der Waals surface area (Å²) in [7, 11) is 2.00. The van der Waals surface area contributed by atoms with Gasteiger partial charge in [0.25, 0.3) is 0 Å². The van der Waals surface area contributed by atoms with Crippen molar-refractivity contribution in [3.8, 4) is 5.75 Å². The van der Waals surface area contributed by atoms with Gasteiger partial charge in [0.15, 0.2) is 0 Å². The third-order valence-electron chi connectivity index (χ3n) is 6.34. The number of carbonyl (C=O) groups excluding carboxylic acids is 1. The Bertz CT molecular complexity index is 1510. The van der Waals surface area contributed by atoms with Crippen molar-refractivity contribution in [1.29, 1.82) is 0 Å². The van der Waals surface area contributed by atoms with Crippen LogP contribution in [0.5, 0.6) is 5.75 Å². The number of halogens is 2. The molecule has 0 bridgehead atoms. The third kappa shape index (κ3) is 7.12. The van der Waals surface area contributed by atoms with Crippen molar-refractivity contribution in [3.05, 3.63) is 95.5 Å². The van der Waals surface area contributed by atoms with Crippen molar-refractivity contribution in [2.45, 2.75) is 19.1 Å². The largest absolute Gasteiger partial charge is 0.486 e. The quantitative estimate of drug-likeness (QED) is 0.231. The van der Waals surface area contributed by atoms with Crippen LogP contribution in [0.2, 0.25) is 5.02 Å². The monoisotopic (exact) mass is 561 g/mol. The van der Waals surface area contributed by atoms with E-state index in [0.717, 1.165) is 13.0 Å². The van der Waals surface area contributed by atoms with Gasteiger partial charge in [-0.05, 0) is 36.9 Å².